The molecule has 0 aliphatic heterocycles. The largest absolute Gasteiger partial charge is 0.494 e. The zero-order valence-corrected chi connectivity index (χ0v) is 16.5. The number of primary amides is 1. The van der Waals surface area contributed by atoms with Crippen molar-refractivity contribution in [2.75, 3.05) is 19.5 Å². The van der Waals surface area contributed by atoms with Gasteiger partial charge in [-0.05, 0) is 30.3 Å². The molecule has 1 amide bonds. The highest BCUT2D eigenvalue weighted by atomic mass is 35.5. The number of amidine groups is 1. The average Bonchev–Trinajstić information content (AvgIpc) is 2.65. The molecule has 0 saturated heterocycles. The van der Waals surface area contributed by atoms with Crippen molar-refractivity contribution in [2.45, 2.75) is 6.04 Å². The summed E-state index contributed by atoms with van der Waals surface area (Å²) in [5.41, 5.74) is 11.9. The molecule has 0 aliphatic carbocycles. The van der Waals surface area contributed by atoms with Gasteiger partial charge in [-0.2, -0.15) is 0 Å². The Labute approximate surface area is 171 Å². The first-order chi connectivity index (χ1) is 13.2. The predicted molar refractivity (Wildman–Crippen MR) is 107 cm³/mol. The van der Waals surface area contributed by atoms with Gasteiger partial charge in [0.25, 0.3) is 5.91 Å². The number of benzene rings is 2. The second-order valence-electron chi connectivity index (χ2n) is 5.63. The minimum Gasteiger partial charge on any atom is -0.494 e. The van der Waals surface area contributed by atoms with Gasteiger partial charge in [-0.3, -0.25) is 10.2 Å². The molecule has 2 aromatic rings. The van der Waals surface area contributed by atoms with Gasteiger partial charge in [0.15, 0.2) is 11.8 Å². The Hall–Kier alpha value is -2.97. The highest BCUT2D eigenvalue weighted by Crippen LogP contribution is 2.40. The van der Waals surface area contributed by atoms with Crippen molar-refractivity contribution in [2.24, 2.45) is 11.5 Å². The molecule has 28 heavy (non-hydrogen) atoms. The van der Waals surface area contributed by atoms with Crippen LogP contribution in [0, 0.1) is 5.41 Å². The summed E-state index contributed by atoms with van der Waals surface area (Å²) in [6.45, 7) is 0. The van der Waals surface area contributed by atoms with E-state index < -0.39 is 17.9 Å². The van der Waals surface area contributed by atoms with Crippen molar-refractivity contribution in [3.05, 3.63) is 57.1 Å². The van der Waals surface area contributed by atoms with Crippen LogP contribution in [-0.2, 0) is 9.53 Å². The number of halogens is 2. The number of ether oxygens (including phenoxy) is 2. The van der Waals surface area contributed by atoms with Crippen molar-refractivity contribution in [1.29, 1.82) is 5.41 Å². The summed E-state index contributed by atoms with van der Waals surface area (Å²) < 4.78 is 9.95. The van der Waals surface area contributed by atoms with Crippen LogP contribution in [0.15, 0.2) is 30.3 Å². The maximum absolute atomic E-state index is 12.4. The van der Waals surface area contributed by atoms with E-state index in [1.807, 2.05) is 0 Å². The Morgan fingerprint density at radius 3 is 2.21 bits per heavy atom. The van der Waals surface area contributed by atoms with Gasteiger partial charge in [0, 0.05) is 16.8 Å². The normalized spacial score (nSPS) is 11.4. The Morgan fingerprint density at radius 1 is 1.14 bits per heavy atom. The Kier molecular flexibility index (Phi) is 6.71. The maximum Gasteiger partial charge on any atom is 0.333 e. The third-order valence-corrected chi connectivity index (χ3v) is 4.55. The maximum atomic E-state index is 12.4. The molecule has 0 saturated carbocycles. The van der Waals surface area contributed by atoms with Crippen LogP contribution in [0.5, 0.6) is 5.75 Å². The topological polar surface area (TPSA) is 141 Å². The number of hydrogen-bond donors (Lipinski definition) is 4. The molecule has 0 spiro atoms. The fourth-order valence-electron chi connectivity index (χ4n) is 2.58. The molecule has 1 unspecified atom stereocenters. The van der Waals surface area contributed by atoms with Crippen molar-refractivity contribution in [3.63, 3.8) is 0 Å². The molecule has 0 heterocycles. The fraction of sp³-hybridized carbons (Fsp3) is 0.167. The molecule has 0 bridgehead atoms. The molecule has 6 N–H and O–H groups in total. The van der Waals surface area contributed by atoms with E-state index in [-0.39, 0.29) is 32.8 Å². The number of amides is 1. The number of methoxy groups -OCH3 is 2. The lowest BCUT2D eigenvalue weighted by Gasteiger charge is -2.22. The van der Waals surface area contributed by atoms with Crippen LogP contribution in [0.1, 0.15) is 27.5 Å². The van der Waals surface area contributed by atoms with Gasteiger partial charge in [-0.25, -0.2) is 4.79 Å². The summed E-state index contributed by atoms with van der Waals surface area (Å²) >= 11 is 12.4. The molecule has 2 aromatic carbocycles. The van der Waals surface area contributed by atoms with Crippen LogP contribution in [0.2, 0.25) is 10.0 Å². The number of nitrogen functional groups attached to an aromatic ring is 1. The number of carbonyl (C=O) groups excluding carboxylic acids is 2. The monoisotopic (exact) mass is 424 g/mol. The van der Waals surface area contributed by atoms with E-state index >= 15 is 0 Å². The number of nitrogens with one attached hydrogen (secondary N) is 2. The van der Waals surface area contributed by atoms with Crippen LogP contribution in [0.4, 0.5) is 5.69 Å². The van der Waals surface area contributed by atoms with Gasteiger partial charge in [-0.15, -0.1) is 0 Å². The van der Waals surface area contributed by atoms with Crippen LogP contribution < -0.4 is 21.5 Å². The standard InChI is InChI=1S/C18H18Cl2N4O4/c1-27-15-11(19)7-10(12(13(15)20)17(23)25)14(18(26)28-2)24-9-5-3-8(4-6-9)16(21)22/h3-7,14,24H,1-2H3,(H3,21,22)(H2,23,25). The molecule has 10 heteroatoms. The van der Waals surface area contributed by atoms with E-state index in [2.05, 4.69) is 5.32 Å². The number of nitrogens with two attached hydrogens (primary N) is 2. The number of anilines is 1. The first-order valence-electron chi connectivity index (χ1n) is 7.85. The van der Waals surface area contributed by atoms with Crippen molar-refractivity contribution >= 4 is 46.6 Å². The second-order valence-corrected chi connectivity index (χ2v) is 6.41. The van der Waals surface area contributed by atoms with Crippen LogP contribution in [-0.4, -0.2) is 31.9 Å². The number of hydrogen-bond acceptors (Lipinski definition) is 6. The number of carbonyl (C=O) groups is 2. The van der Waals surface area contributed by atoms with E-state index in [0.717, 1.165) is 0 Å². The minimum absolute atomic E-state index is 0.0651. The van der Waals surface area contributed by atoms with Gasteiger partial charge in [0.1, 0.15) is 5.84 Å². The second kappa shape index (κ2) is 8.81. The summed E-state index contributed by atoms with van der Waals surface area (Å²) in [6, 6.07) is 6.65. The Balaban J connectivity index is 2.58. The molecule has 8 nitrogen and oxygen atoms in total. The SMILES string of the molecule is COC(=O)C(Nc1ccc(C(=N)N)cc1)c1cc(Cl)c(OC)c(Cl)c1C(N)=O. The summed E-state index contributed by atoms with van der Waals surface area (Å²) in [5.74, 6) is -1.59. The lowest BCUT2D eigenvalue weighted by molar-refractivity contribution is -0.141. The van der Waals surface area contributed by atoms with E-state index in [1.54, 1.807) is 24.3 Å². The first-order valence-corrected chi connectivity index (χ1v) is 8.61. The smallest absolute Gasteiger partial charge is 0.333 e. The lowest BCUT2D eigenvalue weighted by Crippen LogP contribution is -2.26. The first kappa shape index (κ1) is 21.3. The minimum atomic E-state index is -1.14. The zero-order valence-electron chi connectivity index (χ0n) is 15.0. The number of esters is 1. The Morgan fingerprint density at radius 2 is 1.75 bits per heavy atom. The van der Waals surface area contributed by atoms with Gasteiger partial charge < -0.3 is 26.3 Å². The third kappa shape index (κ3) is 4.29. The quantitative estimate of drug-likeness (QED) is 0.305. The Bertz CT molecular complexity index is 932. The van der Waals surface area contributed by atoms with Crippen LogP contribution >= 0.6 is 23.2 Å². The van der Waals surface area contributed by atoms with Crippen molar-refractivity contribution in [3.8, 4) is 5.75 Å². The van der Waals surface area contributed by atoms with Crippen molar-refractivity contribution < 1.29 is 19.1 Å². The molecular weight excluding hydrogens is 407 g/mol. The van der Waals surface area contributed by atoms with Gasteiger partial charge in [0.05, 0.1) is 29.8 Å². The van der Waals surface area contributed by atoms with E-state index in [1.165, 1.54) is 20.3 Å². The molecule has 0 aromatic heterocycles. The predicted octanol–water partition coefficient (Wildman–Crippen LogP) is 2.71. The zero-order chi connectivity index (χ0) is 21.0. The molecule has 2 rings (SSSR count). The highest BCUT2D eigenvalue weighted by molar-refractivity contribution is 6.39. The van der Waals surface area contributed by atoms with Crippen LogP contribution in [0.25, 0.3) is 0 Å². The van der Waals surface area contributed by atoms with Gasteiger partial charge >= 0.3 is 5.97 Å². The number of rotatable bonds is 7. The van der Waals surface area contributed by atoms with E-state index in [9.17, 15) is 9.59 Å². The van der Waals surface area contributed by atoms with Crippen LogP contribution in [0.3, 0.4) is 0 Å². The van der Waals surface area contributed by atoms with Crippen molar-refractivity contribution in [1.82, 2.24) is 0 Å². The van der Waals surface area contributed by atoms with Gasteiger partial charge in [0.2, 0.25) is 0 Å². The molecule has 0 radical (unpaired) electrons. The average molecular weight is 425 g/mol. The third-order valence-electron chi connectivity index (χ3n) is 3.91. The fourth-order valence-corrected chi connectivity index (χ4v) is 3.30. The van der Waals surface area contributed by atoms with E-state index in [0.29, 0.717) is 11.3 Å². The molecule has 148 valence electrons. The summed E-state index contributed by atoms with van der Waals surface area (Å²) in [6.07, 6.45) is 0. The molecular formula is C18H18Cl2N4O4. The molecule has 0 aliphatic rings. The highest BCUT2D eigenvalue weighted by Gasteiger charge is 2.30. The summed E-state index contributed by atoms with van der Waals surface area (Å²) in [5, 5.41) is 10.4. The summed E-state index contributed by atoms with van der Waals surface area (Å²) in [4.78, 5) is 24.5. The van der Waals surface area contributed by atoms with E-state index in [4.69, 9.17) is 49.6 Å². The molecule has 0 fully saturated rings. The molecule has 1 atom stereocenters. The lowest BCUT2D eigenvalue weighted by atomic mass is 9.98. The van der Waals surface area contributed by atoms with Gasteiger partial charge in [-0.1, -0.05) is 23.2 Å². The summed E-state index contributed by atoms with van der Waals surface area (Å²) in [7, 11) is 2.54.